The first-order valence-corrected chi connectivity index (χ1v) is 7.96. The van der Waals surface area contributed by atoms with Crippen molar-refractivity contribution in [2.75, 3.05) is 19.7 Å². The van der Waals surface area contributed by atoms with Crippen LogP contribution in [0.3, 0.4) is 0 Å². The quantitative estimate of drug-likeness (QED) is 0.754. The van der Waals surface area contributed by atoms with Crippen LogP contribution in [0.1, 0.15) is 38.2 Å². The van der Waals surface area contributed by atoms with Crippen LogP contribution in [0.5, 0.6) is 5.75 Å². The fourth-order valence-electron chi connectivity index (χ4n) is 2.48. The van der Waals surface area contributed by atoms with Crippen LogP contribution < -0.4 is 15.8 Å². The Kier molecular flexibility index (Phi) is 6.21. The van der Waals surface area contributed by atoms with Gasteiger partial charge in [-0.1, -0.05) is 26.0 Å². The molecule has 1 heterocycles. The molecule has 0 aliphatic carbocycles. The third-order valence-electron chi connectivity index (χ3n) is 3.88. The zero-order chi connectivity index (χ0) is 15.9. The number of hydrogen-bond donors (Lipinski definition) is 2. The lowest BCUT2D eigenvalue weighted by Gasteiger charge is -2.13. The highest BCUT2D eigenvalue weighted by Crippen LogP contribution is 2.19. The van der Waals surface area contributed by atoms with Crippen molar-refractivity contribution in [3.63, 3.8) is 0 Å². The predicted octanol–water partition coefficient (Wildman–Crippen LogP) is 1.81. The number of ether oxygens (including phenoxy) is 2. The molecule has 1 aromatic carbocycles. The molecule has 122 valence electrons. The Morgan fingerprint density at radius 2 is 2.09 bits per heavy atom. The molecule has 0 bridgehead atoms. The first kappa shape index (κ1) is 16.8. The van der Waals surface area contributed by atoms with Gasteiger partial charge in [0.2, 0.25) is 5.91 Å². The van der Waals surface area contributed by atoms with Crippen LogP contribution in [0.2, 0.25) is 0 Å². The number of carbonyl (C=O) groups excluding carboxylic acids is 1. The van der Waals surface area contributed by atoms with E-state index in [2.05, 4.69) is 31.3 Å². The van der Waals surface area contributed by atoms with Gasteiger partial charge in [0.1, 0.15) is 18.5 Å². The fraction of sp³-hybridized carbons (Fsp3) is 0.588. The summed E-state index contributed by atoms with van der Waals surface area (Å²) in [7, 11) is 0. The van der Waals surface area contributed by atoms with Gasteiger partial charge in [-0.25, -0.2) is 0 Å². The molecule has 0 aromatic heterocycles. The molecule has 1 aliphatic heterocycles. The van der Waals surface area contributed by atoms with E-state index in [0.29, 0.717) is 25.6 Å². The number of hydrogen-bond acceptors (Lipinski definition) is 4. The molecule has 5 heteroatoms. The van der Waals surface area contributed by atoms with Crippen LogP contribution in [0.25, 0.3) is 0 Å². The molecular weight excluding hydrogens is 280 g/mol. The van der Waals surface area contributed by atoms with Gasteiger partial charge in [-0.05, 0) is 36.5 Å². The van der Waals surface area contributed by atoms with Crippen molar-refractivity contribution in [3.8, 4) is 5.75 Å². The largest absolute Gasteiger partial charge is 0.492 e. The summed E-state index contributed by atoms with van der Waals surface area (Å²) in [6.45, 7) is 5.70. The van der Waals surface area contributed by atoms with Crippen molar-refractivity contribution in [3.05, 3.63) is 29.8 Å². The molecule has 0 radical (unpaired) electrons. The van der Waals surface area contributed by atoms with E-state index in [-0.39, 0.29) is 18.1 Å². The van der Waals surface area contributed by atoms with Crippen LogP contribution in [0, 0.1) is 0 Å². The predicted molar refractivity (Wildman–Crippen MR) is 86.0 cm³/mol. The number of nitrogens with two attached hydrogens (primary N) is 1. The summed E-state index contributed by atoms with van der Waals surface area (Å²) in [6.07, 6.45) is 1.25. The summed E-state index contributed by atoms with van der Waals surface area (Å²) >= 11 is 0. The maximum Gasteiger partial charge on any atom is 0.249 e. The monoisotopic (exact) mass is 306 g/mol. The maximum atomic E-state index is 11.9. The lowest BCUT2D eigenvalue weighted by atomic mass is 10.0. The van der Waals surface area contributed by atoms with Gasteiger partial charge < -0.3 is 20.5 Å². The highest BCUT2D eigenvalue weighted by Gasteiger charge is 2.29. The van der Waals surface area contributed by atoms with Crippen molar-refractivity contribution in [1.29, 1.82) is 0 Å². The molecule has 22 heavy (non-hydrogen) atoms. The third-order valence-corrected chi connectivity index (χ3v) is 3.88. The summed E-state index contributed by atoms with van der Waals surface area (Å²) in [6, 6.07) is 8.06. The van der Waals surface area contributed by atoms with E-state index in [1.165, 1.54) is 5.56 Å². The standard InChI is InChI=1S/C17H26N2O3/c1-12(2)13-3-5-14(6-4-13)21-10-9-19-17(20)16-8-7-15(11-18)22-16/h3-6,12,15-16H,7-11,18H2,1-2H3,(H,19,20)/t15-,16+/m1/s1. The Morgan fingerprint density at radius 1 is 1.36 bits per heavy atom. The van der Waals surface area contributed by atoms with Gasteiger partial charge >= 0.3 is 0 Å². The lowest BCUT2D eigenvalue weighted by molar-refractivity contribution is -0.131. The molecular formula is C17H26N2O3. The number of carbonyl (C=O) groups is 1. The molecule has 0 spiro atoms. The second-order valence-corrected chi connectivity index (χ2v) is 5.92. The van der Waals surface area contributed by atoms with Gasteiger partial charge in [0.25, 0.3) is 0 Å². The summed E-state index contributed by atoms with van der Waals surface area (Å²) in [4.78, 5) is 11.9. The van der Waals surface area contributed by atoms with Crippen LogP contribution in [-0.4, -0.2) is 37.8 Å². The van der Waals surface area contributed by atoms with E-state index in [4.69, 9.17) is 15.2 Å². The summed E-state index contributed by atoms with van der Waals surface area (Å²) in [5, 5.41) is 2.84. The normalized spacial score (nSPS) is 21.1. The van der Waals surface area contributed by atoms with Crippen LogP contribution in [-0.2, 0) is 9.53 Å². The second-order valence-electron chi connectivity index (χ2n) is 5.92. The van der Waals surface area contributed by atoms with Gasteiger partial charge in [0.05, 0.1) is 12.6 Å². The second kappa shape index (κ2) is 8.15. The van der Waals surface area contributed by atoms with E-state index in [9.17, 15) is 4.79 Å². The van der Waals surface area contributed by atoms with E-state index in [1.54, 1.807) is 0 Å². The molecule has 1 fully saturated rings. The van der Waals surface area contributed by atoms with Crippen LogP contribution in [0.15, 0.2) is 24.3 Å². The van der Waals surface area contributed by atoms with Gasteiger partial charge in [-0.2, -0.15) is 0 Å². The lowest BCUT2D eigenvalue weighted by Crippen LogP contribution is -2.37. The molecule has 5 nitrogen and oxygen atoms in total. The van der Waals surface area contributed by atoms with Crippen LogP contribution >= 0.6 is 0 Å². The van der Waals surface area contributed by atoms with E-state index < -0.39 is 0 Å². The van der Waals surface area contributed by atoms with Crippen molar-refractivity contribution in [2.24, 2.45) is 5.73 Å². The minimum absolute atomic E-state index is 0.0199. The first-order valence-electron chi connectivity index (χ1n) is 7.96. The number of benzene rings is 1. The Morgan fingerprint density at radius 3 is 2.68 bits per heavy atom. The number of amides is 1. The summed E-state index contributed by atoms with van der Waals surface area (Å²) < 4.78 is 11.2. The zero-order valence-electron chi connectivity index (χ0n) is 13.4. The van der Waals surface area contributed by atoms with Crippen molar-refractivity contribution in [1.82, 2.24) is 5.32 Å². The number of nitrogens with one attached hydrogen (secondary N) is 1. The van der Waals surface area contributed by atoms with Crippen molar-refractivity contribution >= 4 is 5.91 Å². The van der Waals surface area contributed by atoms with Crippen molar-refractivity contribution in [2.45, 2.75) is 44.8 Å². The average Bonchev–Trinajstić information content (AvgIpc) is 3.01. The molecule has 1 aliphatic rings. The highest BCUT2D eigenvalue weighted by molar-refractivity contribution is 5.81. The smallest absolute Gasteiger partial charge is 0.249 e. The molecule has 3 N–H and O–H groups in total. The van der Waals surface area contributed by atoms with Gasteiger partial charge in [0, 0.05) is 6.54 Å². The molecule has 0 saturated carbocycles. The van der Waals surface area contributed by atoms with Crippen molar-refractivity contribution < 1.29 is 14.3 Å². The molecule has 1 amide bonds. The van der Waals surface area contributed by atoms with Gasteiger partial charge in [-0.3, -0.25) is 4.79 Å². The zero-order valence-corrected chi connectivity index (χ0v) is 13.4. The Balaban J connectivity index is 1.65. The van der Waals surface area contributed by atoms with Gasteiger partial charge in [-0.15, -0.1) is 0 Å². The van der Waals surface area contributed by atoms with E-state index in [0.717, 1.165) is 18.6 Å². The SMILES string of the molecule is CC(C)c1ccc(OCCNC(=O)[C@@H]2CC[C@H](CN)O2)cc1. The molecule has 2 atom stereocenters. The Bertz CT molecular complexity index is 473. The summed E-state index contributed by atoms with van der Waals surface area (Å²) in [5.41, 5.74) is 6.82. The fourth-order valence-corrected chi connectivity index (χ4v) is 2.48. The summed E-state index contributed by atoms with van der Waals surface area (Å²) in [5.74, 6) is 1.26. The van der Waals surface area contributed by atoms with Gasteiger partial charge in [0.15, 0.2) is 0 Å². The molecule has 2 rings (SSSR count). The third kappa shape index (κ3) is 4.71. The highest BCUT2D eigenvalue weighted by atomic mass is 16.5. The van der Waals surface area contributed by atoms with Crippen LogP contribution in [0.4, 0.5) is 0 Å². The minimum Gasteiger partial charge on any atom is -0.492 e. The average molecular weight is 306 g/mol. The van der Waals surface area contributed by atoms with E-state index in [1.807, 2.05) is 12.1 Å². The number of rotatable bonds is 7. The maximum absolute atomic E-state index is 11.9. The molecule has 0 unspecified atom stereocenters. The topological polar surface area (TPSA) is 73.6 Å². The Labute approximate surface area is 132 Å². The van der Waals surface area contributed by atoms with E-state index >= 15 is 0 Å². The minimum atomic E-state index is -0.362. The molecule has 1 aromatic rings. The Hall–Kier alpha value is -1.59. The first-order chi connectivity index (χ1) is 10.6. The molecule has 1 saturated heterocycles.